The molecule has 3 unspecified atom stereocenters. The zero-order chi connectivity index (χ0) is 15.1. The van der Waals surface area contributed by atoms with E-state index in [9.17, 15) is 4.79 Å². The molecule has 1 saturated carbocycles. The number of nitrogens with one attached hydrogen (secondary N) is 1. The minimum atomic E-state index is 0.112. The molecular weight excluding hydrogens is 264 g/mol. The summed E-state index contributed by atoms with van der Waals surface area (Å²) in [5, 5.41) is 3.29. The second kappa shape index (κ2) is 8.62. The third-order valence-corrected chi connectivity index (χ3v) is 5.01. The van der Waals surface area contributed by atoms with Gasteiger partial charge in [0, 0.05) is 25.7 Å². The molecule has 0 aromatic rings. The Morgan fingerprint density at radius 1 is 1.24 bits per heavy atom. The van der Waals surface area contributed by atoms with E-state index in [0.717, 1.165) is 39.0 Å². The first-order chi connectivity index (χ1) is 10.2. The molecule has 2 amide bonds. The van der Waals surface area contributed by atoms with Gasteiger partial charge in [-0.3, -0.25) is 0 Å². The summed E-state index contributed by atoms with van der Waals surface area (Å²) in [5.74, 6) is 0.690. The van der Waals surface area contributed by atoms with Crippen molar-refractivity contribution in [1.82, 2.24) is 10.2 Å². The van der Waals surface area contributed by atoms with E-state index in [1.165, 1.54) is 32.1 Å². The molecule has 2 fully saturated rings. The fourth-order valence-corrected chi connectivity index (χ4v) is 3.68. The van der Waals surface area contributed by atoms with E-state index in [1.807, 2.05) is 4.90 Å². The molecule has 3 atom stereocenters. The molecule has 0 bridgehead atoms. The van der Waals surface area contributed by atoms with Crippen LogP contribution in [0.2, 0.25) is 0 Å². The average Bonchev–Trinajstić information content (AvgIpc) is 3.14. The molecule has 0 spiro atoms. The Morgan fingerprint density at radius 2 is 2.10 bits per heavy atom. The van der Waals surface area contributed by atoms with E-state index in [4.69, 9.17) is 4.74 Å². The maximum absolute atomic E-state index is 12.5. The molecule has 21 heavy (non-hydrogen) atoms. The van der Waals surface area contributed by atoms with Crippen molar-refractivity contribution in [3.05, 3.63) is 0 Å². The van der Waals surface area contributed by atoms with Crippen molar-refractivity contribution in [2.24, 2.45) is 5.92 Å². The molecule has 1 heterocycles. The van der Waals surface area contributed by atoms with Gasteiger partial charge in [0.15, 0.2) is 0 Å². The highest BCUT2D eigenvalue weighted by Gasteiger charge is 2.30. The van der Waals surface area contributed by atoms with Crippen LogP contribution in [0.25, 0.3) is 0 Å². The third-order valence-electron chi connectivity index (χ3n) is 5.01. The lowest BCUT2D eigenvalue weighted by atomic mass is 9.97. The summed E-state index contributed by atoms with van der Waals surface area (Å²) in [6, 6.07) is 0.504. The van der Waals surface area contributed by atoms with Crippen molar-refractivity contribution in [3.8, 4) is 0 Å². The van der Waals surface area contributed by atoms with E-state index in [1.54, 1.807) is 0 Å². The number of carbonyl (C=O) groups excluding carboxylic acids is 1. The normalized spacial score (nSPS) is 28.8. The first-order valence-corrected chi connectivity index (χ1v) is 8.91. The van der Waals surface area contributed by atoms with E-state index in [-0.39, 0.29) is 12.1 Å². The van der Waals surface area contributed by atoms with Crippen molar-refractivity contribution >= 4 is 6.03 Å². The van der Waals surface area contributed by atoms with E-state index in [2.05, 4.69) is 19.2 Å². The zero-order valence-corrected chi connectivity index (χ0v) is 13.8. The first kappa shape index (κ1) is 16.6. The van der Waals surface area contributed by atoms with Gasteiger partial charge in [0.05, 0.1) is 6.10 Å². The Balaban J connectivity index is 1.80. The summed E-state index contributed by atoms with van der Waals surface area (Å²) < 4.78 is 5.66. The van der Waals surface area contributed by atoms with Crippen LogP contribution in [-0.4, -0.2) is 42.8 Å². The number of carbonyl (C=O) groups is 1. The summed E-state index contributed by atoms with van der Waals surface area (Å²) in [5.41, 5.74) is 0. The molecular formula is C17H32N2O2. The lowest BCUT2D eigenvalue weighted by molar-refractivity contribution is 0.0817. The summed E-state index contributed by atoms with van der Waals surface area (Å²) in [7, 11) is 0. The Hall–Kier alpha value is -0.770. The number of rotatable bonds is 7. The quantitative estimate of drug-likeness (QED) is 0.780. The fourth-order valence-electron chi connectivity index (χ4n) is 3.68. The molecule has 4 heteroatoms. The molecule has 4 nitrogen and oxygen atoms in total. The molecule has 1 saturated heterocycles. The Labute approximate surface area is 129 Å². The summed E-state index contributed by atoms with van der Waals surface area (Å²) in [6.45, 7) is 6.65. The predicted octanol–water partition coefficient (Wildman–Crippen LogP) is 3.56. The number of hydrogen-bond donors (Lipinski definition) is 1. The van der Waals surface area contributed by atoms with Crippen LogP contribution in [0.15, 0.2) is 0 Å². The number of amides is 2. The number of unbranched alkanes of at least 4 members (excludes halogenated alkanes) is 1. The predicted molar refractivity (Wildman–Crippen MR) is 85.4 cm³/mol. The van der Waals surface area contributed by atoms with Crippen LogP contribution in [0, 0.1) is 5.92 Å². The van der Waals surface area contributed by atoms with Crippen LogP contribution < -0.4 is 5.32 Å². The van der Waals surface area contributed by atoms with Crippen LogP contribution in [0.4, 0.5) is 4.79 Å². The Bertz CT molecular complexity index is 316. The van der Waals surface area contributed by atoms with Gasteiger partial charge in [-0.1, -0.05) is 26.2 Å². The van der Waals surface area contributed by atoms with E-state index < -0.39 is 0 Å². The van der Waals surface area contributed by atoms with Gasteiger partial charge >= 0.3 is 6.03 Å². The van der Waals surface area contributed by atoms with Gasteiger partial charge in [-0.05, 0) is 44.9 Å². The number of nitrogens with zero attached hydrogens (tertiary/aromatic N) is 1. The molecule has 0 radical (unpaired) electrons. The Kier molecular flexibility index (Phi) is 6.81. The highest BCUT2D eigenvalue weighted by atomic mass is 16.5. The molecule has 2 aliphatic rings. The topological polar surface area (TPSA) is 41.6 Å². The fraction of sp³-hybridized carbons (Fsp3) is 0.941. The van der Waals surface area contributed by atoms with Crippen molar-refractivity contribution in [3.63, 3.8) is 0 Å². The lowest BCUT2D eigenvalue weighted by Crippen LogP contribution is -2.48. The van der Waals surface area contributed by atoms with Crippen LogP contribution in [0.1, 0.15) is 65.2 Å². The van der Waals surface area contributed by atoms with Crippen LogP contribution in [-0.2, 0) is 4.74 Å². The summed E-state index contributed by atoms with van der Waals surface area (Å²) in [4.78, 5) is 14.4. The second-order valence-electron chi connectivity index (χ2n) is 6.56. The van der Waals surface area contributed by atoms with Gasteiger partial charge in [0.1, 0.15) is 0 Å². The number of urea groups is 1. The molecule has 1 N–H and O–H groups in total. The SMILES string of the molecule is CCCCC1CCCC1NC(=O)N(CC)CC1CCCO1. The molecule has 2 rings (SSSR count). The number of hydrogen-bond acceptors (Lipinski definition) is 2. The third kappa shape index (κ3) is 4.87. The highest BCUT2D eigenvalue weighted by Crippen LogP contribution is 2.30. The van der Waals surface area contributed by atoms with Crippen molar-refractivity contribution < 1.29 is 9.53 Å². The van der Waals surface area contributed by atoms with E-state index >= 15 is 0 Å². The maximum Gasteiger partial charge on any atom is 0.317 e. The van der Waals surface area contributed by atoms with Crippen LogP contribution >= 0.6 is 0 Å². The molecule has 0 aromatic heterocycles. The smallest absolute Gasteiger partial charge is 0.317 e. The number of likely N-dealkylation sites (N-methyl/N-ethyl adjacent to an activating group) is 1. The van der Waals surface area contributed by atoms with Gasteiger partial charge in [-0.15, -0.1) is 0 Å². The second-order valence-corrected chi connectivity index (χ2v) is 6.56. The van der Waals surface area contributed by atoms with Gasteiger partial charge in [-0.25, -0.2) is 4.79 Å². The first-order valence-electron chi connectivity index (χ1n) is 8.91. The highest BCUT2D eigenvalue weighted by molar-refractivity contribution is 5.74. The molecule has 0 aromatic carbocycles. The standard InChI is InChI=1S/C17H32N2O2/c1-3-5-8-14-9-6-11-16(14)18-17(20)19(4-2)13-15-10-7-12-21-15/h14-16H,3-13H2,1-2H3,(H,18,20). The minimum absolute atomic E-state index is 0.112. The molecule has 122 valence electrons. The van der Waals surface area contributed by atoms with E-state index in [0.29, 0.717) is 12.0 Å². The van der Waals surface area contributed by atoms with Crippen LogP contribution in [0.3, 0.4) is 0 Å². The molecule has 1 aliphatic heterocycles. The summed E-state index contributed by atoms with van der Waals surface area (Å²) >= 11 is 0. The monoisotopic (exact) mass is 296 g/mol. The number of ether oxygens (including phenoxy) is 1. The Morgan fingerprint density at radius 3 is 2.76 bits per heavy atom. The summed E-state index contributed by atoms with van der Waals surface area (Å²) in [6.07, 6.45) is 9.95. The maximum atomic E-state index is 12.5. The van der Waals surface area contributed by atoms with Gasteiger partial charge < -0.3 is 15.0 Å². The minimum Gasteiger partial charge on any atom is -0.376 e. The largest absolute Gasteiger partial charge is 0.376 e. The van der Waals surface area contributed by atoms with Crippen molar-refractivity contribution in [2.75, 3.05) is 19.7 Å². The average molecular weight is 296 g/mol. The van der Waals surface area contributed by atoms with Gasteiger partial charge in [0.2, 0.25) is 0 Å². The lowest BCUT2D eigenvalue weighted by Gasteiger charge is -2.28. The van der Waals surface area contributed by atoms with Crippen molar-refractivity contribution in [2.45, 2.75) is 77.4 Å². The van der Waals surface area contributed by atoms with Crippen LogP contribution in [0.5, 0.6) is 0 Å². The van der Waals surface area contributed by atoms with Gasteiger partial charge in [0.25, 0.3) is 0 Å². The molecule has 1 aliphatic carbocycles. The van der Waals surface area contributed by atoms with Crippen molar-refractivity contribution in [1.29, 1.82) is 0 Å². The van der Waals surface area contributed by atoms with Gasteiger partial charge in [-0.2, -0.15) is 0 Å². The zero-order valence-electron chi connectivity index (χ0n) is 13.8.